The minimum Gasteiger partial charge on any atom is -0.357 e. The second-order valence-electron chi connectivity index (χ2n) is 6.93. The number of hydrogen-bond acceptors (Lipinski definition) is 3. The molecule has 7 nitrogen and oxygen atoms in total. The van der Waals surface area contributed by atoms with Crippen molar-refractivity contribution < 1.29 is 0 Å². The average Bonchev–Trinajstić information content (AvgIpc) is 3.24. The third-order valence-electron chi connectivity index (χ3n) is 4.82. The first-order valence-corrected chi connectivity index (χ1v) is 9.57. The molecule has 0 spiro atoms. The topological polar surface area (TPSA) is 63.3 Å². The van der Waals surface area contributed by atoms with Crippen LogP contribution in [0.5, 0.6) is 0 Å². The van der Waals surface area contributed by atoms with Crippen molar-refractivity contribution in [3.05, 3.63) is 65.2 Å². The van der Waals surface area contributed by atoms with Crippen LogP contribution in [0.1, 0.15) is 29.4 Å². The number of hydrogen-bond donors (Lipinski definition) is 1. The van der Waals surface area contributed by atoms with Gasteiger partial charge in [0.1, 0.15) is 0 Å². The van der Waals surface area contributed by atoms with Crippen molar-refractivity contribution in [1.82, 2.24) is 29.8 Å². The molecular weight excluding hydrogens is 477 g/mol. The lowest BCUT2D eigenvalue weighted by Gasteiger charge is -2.21. The molecule has 0 radical (unpaired) electrons. The van der Waals surface area contributed by atoms with E-state index in [1.807, 2.05) is 66.9 Å². The molecule has 0 unspecified atom stereocenters. The molecule has 0 saturated heterocycles. The molecule has 0 amide bonds. The van der Waals surface area contributed by atoms with Crippen LogP contribution in [0.3, 0.4) is 0 Å². The number of aliphatic imine (C=N–C) groups is 1. The molecule has 0 aliphatic heterocycles. The molecule has 0 atom stereocenters. The number of benzene rings is 1. The molecular formula is C21H30IN7. The number of nitrogens with zero attached hydrogens (tertiary/aromatic N) is 6. The molecule has 2 aromatic heterocycles. The molecule has 0 saturated carbocycles. The van der Waals surface area contributed by atoms with Gasteiger partial charge < -0.3 is 10.2 Å². The average molecular weight is 507 g/mol. The maximum Gasteiger partial charge on any atom is 0.194 e. The second-order valence-corrected chi connectivity index (χ2v) is 6.93. The van der Waals surface area contributed by atoms with Gasteiger partial charge in [-0.15, -0.1) is 24.0 Å². The quantitative estimate of drug-likeness (QED) is 0.316. The summed E-state index contributed by atoms with van der Waals surface area (Å²) in [6.07, 6.45) is 3.97. The highest BCUT2D eigenvalue weighted by atomic mass is 127. The largest absolute Gasteiger partial charge is 0.357 e. The summed E-state index contributed by atoms with van der Waals surface area (Å²) in [5.74, 6) is 0.873. The highest BCUT2D eigenvalue weighted by Crippen LogP contribution is 2.14. The lowest BCUT2D eigenvalue weighted by atomic mass is 10.2. The Hall–Kier alpha value is -2.36. The Labute approximate surface area is 189 Å². The minimum atomic E-state index is 0. The van der Waals surface area contributed by atoms with Gasteiger partial charge >= 0.3 is 0 Å². The van der Waals surface area contributed by atoms with Gasteiger partial charge in [0.05, 0.1) is 24.1 Å². The van der Waals surface area contributed by atoms with Crippen molar-refractivity contribution in [2.24, 2.45) is 12.0 Å². The van der Waals surface area contributed by atoms with E-state index in [9.17, 15) is 0 Å². The van der Waals surface area contributed by atoms with Gasteiger partial charge in [0.25, 0.3) is 0 Å². The van der Waals surface area contributed by atoms with Crippen molar-refractivity contribution >= 4 is 29.9 Å². The number of aromatic nitrogens is 4. The van der Waals surface area contributed by atoms with Crippen molar-refractivity contribution in [3.63, 3.8) is 0 Å². The van der Waals surface area contributed by atoms with Crippen molar-refractivity contribution in [2.45, 2.75) is 33.9 Å². The van der Waals surface area contributed by atoms with Crippen LogP contribution in [-0.2, 0) is 20.1 Å². The summed E-state index contributed by atoms with van der Waals surface area (Å²) in [6, 6.07) is 10.1. The maximum atomic E-state index is 4.83. The van der Waals surface area contributed by atoms with Gasteiger partial charge in [-0.1, -0.05) is 18.2 Å². The minimum absolute atomic E-state index is 0. The smallest absolute Gasteiger partial charge is 0.194 e. The predicted molar refractivity (Wildman–Crippen MR) is 128 cm³/mol. The summed E-state index contributed by atoms with van der Waals surface area (Å²) in [7, 11) is 4.02. The first kappa shape index (κ1) is 22.9. The molecule has 8 heteroatoms. The molecule has 0 fully saturated rings. The van der Waals surface area contributed by atoms with Crippen molar-refractivity contribution in [3.8, 4) is 5.69 Å². The molecule has 3 aromatic rings. The summed E-state index contributed by atoms with van der Waals surface area (Å²) in [6.45, 7) is 8.35. The van der Waals surface area contributed by atoms with Gasteiger partial charge in [-0.25, -0.2) is 9.67 Å². The molecule has 0 aliphatic rings. The number of halogens is 1. The van der Waals surface area contributed by atoms with E-state index < -0.39 is 0 Å². The van der Waals surface area contributed by atoms with Gasteiger partial charge in [-0.3, -0.25) is 4.68 Å². The monoisotopic (exact) mass is 507 g/mol. The lowest BCUT2D eigenvalue weighted by molar-refractivity contribution is 0.476. The van der Waals surface area contributed by atoms with Crippen molar-refractivity contribution in [1.29, 1.82) is 0 Å². The van der Waals surface area contributed by atoms with E-state index in [4.69, 9.17) is 4.99 Å². The Morgan fingerprint density at radius 1 is 1.21 bits per heavy atom. The Morgan fingerprint density at radius 2 is 1.93 bits per heavy atom. The van der Waals surface area contributed by atoms with Gasteiger partial charge in [-0.2, -0.15) is 10.2 Å². The van der Waals surface area contributed by atoms with Crippen LogP contribution in [0.15, 0.2) is 47.7 Å². The zero-order chi connectivity index (χ0) is 20.1. The summed E-state index contributed by atoms with van der Waals surface area (Å²) >= 11 is 0. The van der Waals surface area contributed by atoms with E-state index >= 15 is 0 Å². The Kier molecular flexibility index (Phi) is 8.24. The number of guanidine groups is 1. The van der Waals surface area contributed by atoms with Crippen LogP contribution in [0.25, 0.3) is 5.69 Å². The predicted octanol–water partition coefficient (Wildman–Crippen LogP) is 3.44. The molecule has 0 aliphatic carbocycles. The fourth-order valence-corrected chi connectivity index (χ4v) is 3.18. The van der Waals surface area contributed by atoms with Crippen LogP contribution in [0.4, 0.5) is 0 Å². The summed E-state index contributed by atoms with van der Waals surface area (Å²) in [5, 5.41) is 12.3. The molecule has 0 bridgehead atoms. The third-order valence-corrected chi connectivity index (χ3v) is 4.82. The van der Waals surface area contributed by atoms with Gasteiger partial charge in [0.2, 0.25) is 0 Å². The van der Waals surface area contributed by atoms with Crippen LogP contribution in [0.2, 0.25) is 0 Å². The van der Waals surface area contributed by atoms with Crippen LogP contribution < -0.4 is 5.32 Å². The van der Waals surface area contributed by atoms with E-state index in [2.05, 4.69) is 40.5 Å². The van der Waals surface area contributed by atoms with Gasteiger partial charge in [0.15, 0.2) is 5.96 Å². The van der Waals surface area contributed by atoms with E-state index in [1.165, 1.54) is 5.56 Å². The Bertz CT molecular complexity index is 943. The molecule has 3 rings (SSSR count). The van der Waals surface area contributed by atoms with E-state index in [-0.39, 0.29) is 24.0 Å². The zero-order valence-corrected chi connectivity index (χ0v) is 20.1. The first-order valence-electron chi connectivity index (χ1n) is 9.57. The Morgan fingerprint density at radius 3 is 2.55 bits per heavy atom. The van der Waals surface area contributed by atoms with E-state index in [0.29, 0.717) is 6.54 Å². The highest BCUT2D eigenvalue weighted by Gasteiger charge is 2.12. The van der Waals surface area contributed by atoms with Crippen LogP contribution in [0, 0.1) is 13.8 Å². The molecule has 29 heavy (non-hydrogen) atoms. The normalized spacial score (nSPS) is 11.3. The van der Waals surface area contributed by atoms with E-state index in [0.717, 1.165) is 41.7 Å². The first-order chi connectivity index (χ1) is 13.5. The Balaban J connectivity index is 0.00000300. The van der Waals surface area contributed by atoms with Gasteiger partial charge in [0, 0.05) is 50.2 Å². The molecule has 1 N–H and O–H groups in total. The maximum absolute atomic E-state index is 4.83. The van der Waals surface area contributed by atoms with Crippen LogP contribution in [-0.4, -0.2) is 44.0 Å². The number of aryl methyl sites for hydroxylation is 2. The summed E-state index contributed by atoms with van der Waals surface area (Å²) in [5.41, 5.74) is 5.56. The standard InChI is InChI=1S/C21H29N7.HI/c1-6-22-21(23-13-20-16(2)25-27(5)17(20)3)26(4)14-18-12-24-28(15-18)19-10-8-7-9-11-19;/h7-12,15H,6,13-14H2,1-5H3,(H,22,23);1H. The fraction of sp³-hybridized carbons (Fsp3) is 0.381. The summed E-state index contributed by atoms with van der Waals surface area (Å²) < 4.78 is 3.81. The zero-order valence-electron chi connectivity index (χ0n) is 17.8. The number of nitrogens with one attached hydrogen (secondary N) is 1. The molecule has 156 valence electrons. The van der Waals surface area contributed by atoms with E-state index in [1.54, 1.807) is 0 Å². The molecule has 2 heterocycles. The fourth-order valence-electron chi connectivity index (χ4n) is 3.18. The van der Waals surface area contributed by atoms with Gasteiger partial charge in [-0.05, 0) is 32.9 Å². The molecule has 1 aromatic carbocycles. The third kappa shape index (κ3) is 5.59. The lowest BCUT2D eigenvalue weighted by Crippen LogP contribution is -2.38. The van der Waals surface area contributed by atoms with Crippen LogP contribution >= 0.6 is 24.0 Å². The SMILES string of the molecule is CCNC(=NCc1c(C)nn(C)c1C)N(C)Cc1cnn(-c2ccccc2)c1.I. The number of para-hydroxylation sites is 1. The number of rotatable bonds is 6. The highest BCUT2D eigenvalue weighted by molar-refractivity contribution is 14.0. The summed E-state index contributed by atoms with van der Waals surface area (Å²) in [4.78, 5) is 6.95. The van der Waals surface area contributed by atoms with Crippen molar-refractivity contribution in [2.75, 3.05) is 13.6 Å². The second kappa shape index (κ2) is 10.4.